The number of halogens is 3. The standard InChI is InChI=1S/C18H23F3N4O3/c1-2-3-4-5-6-7-8-13-9-10-15(18(19,20)21)22-16(13)28-12-14-11-25(17(26)27)24-23-14/h9-11H,2-8,12H2,1H3,(H,26,27). The van der Waals surface area contributed by atoms with E-state index in [2.05, 4.69) is 22.2 Å². The van der Waals surface area contributed by atoms with Crippen LogP contribution in [-0.2, 0) is 19.2 Å². The Kier molecular flexibility index (Phi) is 7.77. The third kappa shape index (κ3) is 6.50. The van der Waals surface area contributed by atoms with Crippen molar-refractivity contribution >= 4 is 6.09 Å². The number of ether oxygens (including phenoxy) is 1. The molecule has 0 radical (unpaired) electrons. The van der Waals surface area contributed by atoms with Crippen LogP contribution in [-0.4, -0.2) is 31.2 Å². The molecule has 0 atom stereocenters. The van der Waals surface area contributed by atoms with Gasteiger partial charge in [0.1, 0.15) is 18.0 Å². The van der Waals surface area contributed by atoms with Crippen LogP contribution in [0.3, 0.4) is 0 Å². The number of hydrogen-bond acceptors (Lipinski definition) is 5. The average molecular weight is 400 g/mol. The summed E-state index contributed by atoms with van der Waals surface area (Å²) in [6, 6.07) is 2.32. The number of carbonyl (C=O) groups is 1. The van der Waals surface area contributed by atoms with Gasteiger partial charge in [-0.25, -0.2) is 9.78 Å². The molecule has 0 aliphatic carbocycles. The summed E-state index contributed by atoms with van der Waals surface area (Å²) >= 11 is 0. The van der Waals surface area contributed by atoms with Crippen molar-refractivity contribution in [1.29, 1.82) is 0 Å². The van der Waals surface area contributed by atoms with E-state index in [1.165, 1.54) is 12.5 Å². The van der Waals surface area contributed by atoms with Crippen molar-refractivity contribution in [3.63, 3.8) is 0 Å². The third-order valence-electron chi connectivity index (χ3n) is 4.12. The second-order valence-electron chi connectivity index (χ2n) is 6.40. The zero-order valence-corrected chi connectivity index (χ0v) is 15.6. The van der Waals surface area contributed by atoms with Crippen molar-refractivity contribution in [3.05, 3.63) is 35.3 Å². The third-order valence-corrected chi connectivity index (χ3v) is 4.12. The van der Waals surface area contributed by atoms with Crippen LogP contribution in [0.1, 0.15) is 62.4 Å². The molecule has 0 aromatic carbocycles. The number of hydrogen-bond donors (Lipinski definition) is 1. The van der Waals surface area contributed by atoms with Crippen LogP contribution in [0.15, 0.2) is 18.3 Å². The number of rotatable bonds is 10. The molecule has 0 spiro atoms. The molecule has 0 saturated carbocycles. The maximum Gasteiger partial charge on any atom is 0.433 e. The number of alkyl halides is 3. The summed E-state index contributed by atoms with van der Waals surface area (Å²) in [6.45, 7) is 1.90. The molecule has 0 amide bonds. The molecule has 0 unspecified atom stereocenters. The largest absolute Gasteiger partial charge is 0.471 e. The molecule has 0 aliphatic heterocycles. The fourth-order valence-electron chi connectivity index (χ4n) is 2.64. The fraction of sp³-hybridized carbons (Fsp3) is 0.556. The van der Waals surface area contributed by atoms with Crippen molar-refractivity contribution < 1.29 is 27.8 Å². The first kappa shape index (κ1) is 21.6. The lowest BCUT2D eigenvalue weighted by Crippen LogP contribution is -2.11. The van der Waals surface area contributed by atoms with Crippen molar-refractivity contribution in [2.45, 2.75) is 64.7 Å². The van der Waals surface area contributed by atoms with Crippen molar-refractivity contribution in [2.24, 2.45) is 0 Å². The second kappa shape index (κ2) is 10.0. The van der Waals surface area contributed by atoms with Crippen LogP contribution in [0.4, 0.5) is 18.0 Å². The van der Waals surface area contributed by atoms with E-state index in [-0.39, 0.29) is 18.2 Å². The lowest BCUT2D eigenvalue weighted by Gasteiger charge is -2.13. The van der Waals surface area contributed by atoms with E-state index >= 15 is 0 Å². The Balaban J connectivity index is 2.05. The van der Waals surface area contributed by atoms with Gasteiger partial charge in [0.05, 0.1) is 6.20 Å². The summed E-state index contributed by atoms with van der Waals surface area (Å²) in [6.07, 6.45) is 2.12. The van der Waals surface area contributed by atoms with E-state index < -0.39 is 18.0 Å². The predicted octanol–water partition coefficient (Wildman–Crippen LogP) is 4.70. The first-order chi connectivity index (χ1) is 13.3. The van der Waals surface area contributed by atoms with E-state index in [1.54, 1.807) is 0 Å². The Hall–Kier alpha value is -2.65. The zero-order valence-electron chi connectivity index (χ0n) is 15.6. The first-order valence-electron chi connectivity index (χ1n) is 9.15. The van der Waals surface area contributed by atoms with Crippen LogP contribution < -0.4 is 4.74 Å². The number of nitrogens with zero attached hydrogens (tertiary/aromatic N) is 4. The minimum atomic E-state index is -4.58. The van der Waals surface area contributed by atoms with E-state index in [0.29, 0.717) is 16.7 Å². The van der Waals surface area contributed by atoms with Gasteiger partial charge in [-0.2, -0.15) is 17.9 Å². The molecule has 0 aliphatic rings. The van der Waals surface area contributed by atoms with Gasteiger partial charge in [-0.05, 0) is 18.9 Å². The molecule has 28 heavy (non-hydrogen) atoms. The molecule has 1 N–H and O–H groups in total. The van der Waals surface area contributed by atoms with Crippen LogP contribution in [0.25, 0.3) is 0 Å². The monoisotopic (exact) mass is 400 g/mol. The van der Waals surface area contributed by atoms with Gasteiger partial charge in [-0.3, -0.25) is 0 Å². The second-order valence-corrected chi connectivity index (χ2v) is 6.40. The lowest BCUT2D eigenvalue weighted by molar-refractivity contribution is -0.141. The Morgan fingerprint density at radius 3 is 2.54 bits per heavy atom. The highest BCUT2D eigenvalue weighted by atomic mass is 19.4. The number of aromatic nitrogens is 4. The Morgan fingerprint density at radius 2 is 1.89 bits per heavy atom. The molecular weight excluding hydrogens is 377 g/mol. The Morgan fingerprint density at radius 1 is 1.18 bits per heavy atom. The Bertz CT molecular complexity index is 778. The highest BCUT2D eigenvalue weighted by Crippen LogP contribution is 2.31. The summed E-state index contributed by atoms with van der Waals surface area (Å²) in [5.41, 5.74) is -0.287. The van der Waals surface area contributed by atoms with Gasteiger partial charge < -0.3 is 9.84 Å². The number of unbranched alkanes of at least 4 members (excludes halogenated alkanes) is 5. The van der Waals surface area contributed by atoms with Gasteiger partial charge in [0.15, 0.2) is 0 Å². The lowest BCUT2D eigenvalue weighted by atomic mass is 10.1. The molecule has 10 heteroatoms. The van der Waals surface area contributed by atoms with Gasteiger partial charge in [-0.15, -0.1) is 5.10 Å². The zero-order chi connectivity index (χ0) is 20.6. The highest BCUT2D eigenvalue weighted by Gasteiger charge is 2.33. The molecule has 0 bridgehead atoms. The maximum absolute atomic E-state index is 13.0. The Labute approximate surface area is 160 Å². The van der Waals surface area contributed by atoms with Crippen LogP contribution in [0.2, 0.25) is 0 Å². The summed E-state index contributed by atoms with van der Waals surface area (Å²) in [4.78, 5) is 14.4. The fourth-order valence-corrected chi connectivity index (χ4v) is 2.64. The van der Waals surface area contributed by atoms with E-state index in [1.807, 2.05) is 0 Å². The topological polar surface area (TPSA) is 90.1 Å². The van der Waals surface area contributed by atoms with Gasteiger partial charge in [0.2, 0.25) is 5.88 Å². The van der Waals surface area contributed by atoms with Crippen molar-refractivity contribution in [1.82, 2.24) is 20.0 Å². The molecule has 2 rings (SSSR count). The molecule has 154 valence electrons. The highest BCUT2D eigenvalue weighted by molar-refractivity contribution is 5.66. The van der Waals surface area contributed by atoms with E-state index in [4.69, 9.17) is 9.84 Å². The maximum atomic E-state index is 13.0. The van der Waals surface area contributed by atoms with E-state index in [0.717, 1.165) is 44.4 Å². The molecular formula is C18H23F3N4O3. The van der Waals surface area contributed by atoms with Crippen LogP contribution in [0.5, 0.6) is 5.88 Å². The number of carboxylic acid groups (broad SMARTS) is 1. The minimum Gasteiger partial charge on any atom is -0.471 e. The SMILES string of the molecule is CCCCCCCCc1ccc(C(F)(F)F)nc1OCc1cn(C(=O)O)nn1. The van der Waals surface area contributed by atoms with Gasteiger partial charge in [-0.1, -0.05) is 50.3 Å². The van der Waals surface area contributed by atoms with Crippen molar-refractivity contribution in [3.8, 4) is 5.88 Å². The number of pyridine rings is 1. The molecule has 7 nitrogen and oxygen atoms in total. The minimum absolute atomic E-state index is 0.117. The average Bonchev–Trinajstić information content (AvgIpc) is 3.12. The van der Waals surface area contributed by atoms with Crippen LogP contribution in [0, 0.1) is 0 Å². The molecule has 2 aromatic rings. The summed E-state index contributed by atoms with van der Waals surface area (Å²) in [5, 5.41) is 15.8. The summed E-state index contributed by atoms with van der Waals surface area (Å²) < 4.78 is 44.9. The first-order valence-corrected chi connectivity index (χ1v) is 9.15. The summed E-state index contributed by atoms with van der Waals surface area (Å²) in [7, 11) is 0. The normalized spacial score (nSPS) is 11.6. The molecule has 2 heterocycles. The van der Waals surface area contributed by atoms with Gasteiger partial charge in [0, 0.05) is 5.56 Å². The van der Waals surface area contributed by atoms with Gasteiger partial charge >= 0.3 is 12.3 Å². The molecule has 0 saturated heterocycles. The quantitative estimate of drug-likeness (QED) is 0.582. The van der Waals surface area contributed by atoms with Crippen molar-refractivity contribution in [2.75, 3.05) is 0 Å². The number of aryl methyl sites for hydroxylation is 1. The molecule has 0 fully saturated rings. The van der Waals surface area contributed by atoms with E-state index in [9.17, 15) is 18.0 Å². The van der Waals surface area contributed by atoms with Crippen LogP contribution >= 0.6 is 0 Å². The molecule has 2 aromatic heterocycles. The smallest absolute Gasteiger partial charge is 0.433 e. The van der Waals surface area contributed by atoms with Gasteiger partial charge in [0.25, 0.3) is 0 Å². The summed E-state index contributed by atoms with van der Waals surface area (Å²) in [5.74, 6) is -0.117. The predicted molar refractivity (Wildman–Crippen MR) is 94.1 cm³/mol.